The Morgan fingerprint density at radius 1 is 0.452 bits per heavy atom. The summed E-state index contributed by atoms with van der Waals surface area (Å²) in [6, 6.07) is 35.6. The van der Waals surface area contributed by atoms with Gasteiger partial charge in [-0.2, -0.15) is 0 Å². The molecule has 42 heavy (non-hydrogen) atoms. The summed E-state index contributed by atoms with van der Waals surface area (Å²) >= 11 is 0. The van der Waals surface area contributed by atoms with E-state index < -0.39 is 37.1 Å². The van der Waals surface area contributed by atoms with E-state index in [9.17, 15) is 27.8 Å². The Kier molecular flexibility index (Phi) is 9.69. The Morgan fingerprint density at radius 2 is 0.690 bits per heavy atom. The minimum atomic E-state index is -2.55. The van der Waals surface area contributed by atoms with Gasteiger partial charge in [-0.25, -0.2) is 17.6 Å². The van der Waals surface area contributed by atoms with Crippen molar-refractivity contribution < 1.29 is 27.8 Å². The third kappa shape index (κ3) is 6.42. The molecule has 2 fully saturated rings. The van der Waals surface area contributed by atoms with Crippen molar-refractivity contribution in [1.82, 2.24) is 9.80 Å². The minimum absolute atomic E-state index is 0.255. The van der Waals surface area contributed by atoms with Crippen molar-refractivity contribution in [3.05, 3.63) is 144 Å². The Morgan fingerprint density at radius 3 is 0.881 bits per heavy atom. The van der Waals surface area contributed by atoms with Gasteiger partial charge in [-0.05, 0) is 22.3 Å². The van der Waals surface area contributed by atoms with Crippen molar-refractivity contribution in [2.45, 2.75) is 49.2 Å². The molecule has 2 aliphatic rings. The second-order valence-corrected chi connectivity index (χ2v) is 10.6. The van der Waals surface area contributed by atoms with E-state index in [2.05, 4.69) is 0 Å². The van der Waals surface area contributed by atoms with Gasteiger partial charge in [0.15, 0.2) is 0 Å². The second kappa shape index (κ2) is 13.6. The number of β-amino-alcohol motifs (C(OH)–C–C–N with tert-alkyl or cyclic N) is 2. The van der Waals surface area contributed by atoms with E-state index in [0.29, 0.717) is 0 Å². The van der Waals surface area contributed by atoms with Crippen LogP contribution in [0.1, 0.15) is 34.3 Å². The monoisotopic (exact) mass is 578 g/mol. The van der Waals surface area contributed by atoms with Gasteiger partial charge in [-0.1, -0.05) is 121 Å². The maximum Gasteiger partial charge on any atom is 0.256 e. The zero-order valence-electron chi connectivity index (χ0n) is 22.9. The van der Waals surface area contributed by atoms with Crippen LogP contribution in [0.2, 0.25) is 0 Å². The largest absolute Gasteiger partial charge is 0.390 e. The van der Waals surface area contributed by atoms with Crippen LogP contribution in [0, 0.1) is 0 Å². The first-order valence-corrected chi connectivity index (χ1v) is 14.0. The molecule has 0 radical (unpaired) electrons. The van der Waals surface area contributed by atoms with Crippen LogP contribution in [0.4, 0.5) is 17.6 Å². The maximum atomic E-state index is 13.2. The highest BCUT2D eigenvalue weighted by molar-refractivity contribution is 5.34. The van der Waals surface area contributed by atoms with Gasteiger partial charge in [0.05, 0.1) is 36.4 Å². The molecule has 0 bridgehead atoms. The van der Waals surface area contributed by atoms with Crippen molar-refractivity contribution >= 4 is 0 Å². The van der Waals surface area contributed by atoms with E-state index >= 15 is 0 Å². The van der Waals surface area contributed by atoms with Gasteiger partial charge in [0.2, 0.25) is 0 Å². The molecule has 0 aliphatic carbocycles. The maximum absolute atomic E-state index is 13.2. The molecule has 220 valence electrons. The molecule has 2 heterocycles. The molecule has 0 saturated carbocycles. The van der Waals surface area contributed by atoms with Crippen LogP contribution >= 0.6 is 0 Å². The van der Waals surface area contributed by atoms with E-state index in [1.165, 1.54) is 0 Å². The molecule has 0 aromatic heterocycles. The minimum Gasteiger partial charge on any atom is -0.390 e. The number of hydrogen-bond donors (Lipinski definition) is 2. The van der Waals surface area contributed by atoms with Gasteiger partial charge in [0, 0.05) is 13.1 Å². The molecule has 0 amide bonds. The Labute approximate surface area is 243 Å². The third-order valence-electron chi connectivity index (χ3n) is 7.99. The van der Waals surface area contributed by atoms with E-state index in [1.807, 2.05) is 121 Å². The Hall–Kier alpha value is -3.56. The fourth-order valence-electron chi connectivity index (χ4n) is 5.93. The van der Waals surface area contributed by atoms with E-state index in [1.54, 1.807) is 9.80 Å². The molecule has 4 nitrogen and oxygen atoms in total. The van der Waals surface area contributed by atoms with Crippen molar-refractivity contribution in [2.24, 2.45) is 0 Å². The predicted octanol–water partition coefficient (Wildman–Crippen LogP) is 6.17. The summed E-state index contributed by atoms with van der Waals surface area (Å²) in [4.78, 5) is 3.36. The topological polar surface area (TPSA) is 46.9 Å². The average Bonchev–Trinajstić information content (AvgIpc) is 2.98. The highest BCUT2D eigenvalue weighted by atomic mass is 19.3. The van der Waals surface area contributed by atoms with Gasteiger partial charge in [0.1, 0.15) is 0 Å². The van der Waals surface area contributed by atoms with Crippen LogP contribution in [0.25, 0.3) is 0 Å². The van der Waals surface area contributed by atoms with Crippen molar-refractivity contribution in [2.75, 3.05) is 13.1 Å². The van der Waals surface area contributed by atoms with Gasteiger partial charge >= 0.3 is 0 Å². The van der Waals surface area contributed by atoms with Crippen LogP contribution in [0.15, 0.2) is 121 Å². The number of nitrogens with zero attached hydrogens (tertiary/aromatic N) is 2. The second-order valence-electron chi connectivity index (χ2n) is 10.6. The molecular formula is C34H34F4N2O2. The molecule has 0 spiro atoms. The number of alkyl halides is 4. The molecule has 2 aliphatic heterocycles. The summed E-state index contributed by atoms with van der Waals surface area (Å²) in [6.45, 7) is 0.535. The number of aliphatic hydroxyl groups is 2. The average molecular weight is 579 g/mol. The van der Waals surface area contributed by atoms with Gasteiger partial charge in [0.25, 0.3) is 12.9 Å². The summed E-state index contributed by atoms with van der Waals surface area (Å²) in [5.74, 6) is 0. The molecule has 8 heteroatoms. The zero-order chi connectivity index (χ0) is 29.6. The lowest BCUT2D eigenvalue weighted by molar-refractivity contribution is -0.139. The Bertz CT molecular complexity index is 1170. The molecule has 4 aromatic carbocycles. The standard InChI is InChI=1S/2C17H17F2NO/c2*18-17(19)16-14(21)11-20(16)15(12-7-3-1-4-8-12)13-9-5-2-6-10-13/h2*1-10,14-17,21H,11H2/t2*14-,16+/m10/s1. The van der Waals surface area contributed by atoms with E-state index in [4.69, 9.17) is 0 Å². The van der Waals surface area contributed by atoms with E-state index in [-0.39, 0.29) is 25.2 Å². The first-order chi connectivity index (χ1) is 20.4. The van der Waals surface area contributed by atoms with Crippen LogP contribution < -0.4 is 0 Å². The van der Waals surface area contributed by atoms with Crippen molar-refractivity contribution in [3.63, 3.8) is 0 Å². The van der Waals surface area contributed by atoms with Gasteiger partial charge in [-0.3, -0.25) is 9.80 Å². The summed E-state index contributed by atoms with van der Waals surface area (Å²) in [7, 11) is 0. The lowest BCUT2D eigenvalue weighted by Gasteiger charge is -2.49. The lowest BCUT2D eigenvalue weighted by atomic mass is 9.89. The molecule has 2 saturated heterocycles. The third-order valence-corrected chi connectivity index (χ3v) is 7.99. The molecule has 4 atom stereocenters. The summed E-state index contributed by atoms with van der Waals surface area (Å²) < 4.78 is 52.7. The smallest absolute Gasteiger partial charge is 0.256 e. The quantitative estimate of drug-likeness (QED) is 0.246. The van der Waals surface area contributed by atoms with Crippen LogP contribution in [0.5, 0.6) is 0 Å². The number of likely N-dealkylation sites (tertiary alicyclic amines) is 2. The van der Waals surface area contributed by atoms with Gasteiger partial charge < -0.3 is 10.2 Å². The summed E-state index contributed by atoms with van der Waals surface area (Å²) in [5.41, 5.74) is 3.84. The van der Waals surface area contributed by atoms with Crippen LogP contribution in [0.3, 0.4) is 0 Å². The first kappa shape index (κ1) is 29.9. The molecule has 2 N–H and O–H groups in total. The number of rotatable bonds is 8. The molecule has 6 rings (SSSR count). The van der Waals surface area contributed by atoms with Crippen molar-refractivity contribution in [1.29, 1.82) is 0 Å². The summed E-state index contributed by atoms with van der Waals surface area (Å²) in [6.07, 6.45) is -7.02. The van der Waals surface area contributed by atoms with Crippen molar-refractivity contribution in [3.8, 4) is 0 Å². The predicted molar refractivity (Wildman–Crippen MR) is 154 cm³/mol. The molecule has 4 aromatic rings. The first-order valence-electron chi connectivity index (χ1n) is 14.0. The fourth-order valence-corrected chi connectivity index (χ4v) is 5.93. The normalized spacial score (nSPS) is 22.5. The fraction of sp³-hybridized carbons (Fsp3) is 0.294. The van der Waals surface area contributed by atoms with Gasteiger partial charge in [-0.15, -0.1) is 0 Å². The number of hydrogen-bond acceptors (Lipinski definition) is 4. The SMILES string of the molecule is O[C@@H]1CN(C(c2ccccc2)c2ccccc2)[C@@H]1C(F)F.O[C@H]1CN(C(c2ccccc2)c2ccccc2)[C@H]1C(F)F. The highest BCUT2D eigenvalue weighted by Gasteiger charge is 2.48. The number of halogens is 4. The zero-order valence-corrected chi connectivity index (χ0v) is 22.9. The van der Waals surface area contributed by atoms with Crippen LogP contribution in [-0.4, -0.2) is 70.2 Å². The van der Waals surface area contributed by atoms with Crippen LogP contribution in [-0.2, 0) is 0 Å². The highest BCUT2D eigenvalue weighted by Crippen LogP contribution is 2.39. The molecule has 0 unspecified atom stereocenters. The number of aliphatic hydroxyl groups excluding tert-OH is 2. The Balaban J connectivity index is 0.000000168. The van der Waals surface area contributed by atoms with E-state index in [0.717, 1.165) is 22.3 Å². The molecular weight excluding hydrogens is 544 g/mol. The lowest BCUT2D eigenvalue weighted by Crippen LogP contribution is -2.64. The summed E-state index contributed by atoms with van der Waals surface area (Å²) in [5, 5.41) is 19.3. The number of benzene rings is 4.